The van der Waals surface area contributed by atoms with Gasteiger partial charge < -0.3 is 4.90 Å². The Morgan fingerprint density at radius 3 is 2.57 bits per heavy atom. The molecule has 0 bridgehead atoms. The van der Waals surface area contributed by atoms with E-state index in [1.165, 1.54) is 11.8 Å². The van der Waals surface area contributed by atoms with E-state index >= 15 is 0 Å². The average Bonchev–Trinajstić information content (AvgIpc) is 3.11. The van der Waals surface area contributed by atoms with E-state index in [9.17, 15) is 14.4 Å². The number of carbonyl (C=O) groups is 3. The van der Waals surface area contributed by atoms with Crippen LogP contribution in [-0.2, 0) is 9.59 Å². The van der Waals surface area contributed by atoms with Crippen LogP contribution in [0.5, 0.6) is 0 Å². The summed E-state index contributed by atoms with van der Waals surface area (Å²) in [4.78, 5) is 39.1. The van der Waals surface area contributed by atoms with Crippen molar-refractivity contribution in [2.75, 3.05) is 17.2 Å². The summed E-state index contributed by atoms with van der Waals surface area (Å²) >= 11 is 7.42. The number of anilines is 1. The van der Waals surface area contributed by atoms with E-state index in [4.69, 9.17) is 11.6 Å². The van der Waals surface area contributed by atoms with Gasteiger partial charge in [0.25, 0.3) is 5.91 Å². The molecule has 2 N–H and O–H groups in total. The lowest BCUT2D eigenvalue weighted by molar-refractivity contribution is -0.119. The number of halogens is 1. The molecule has 0 saturated carbocycles. The Morgan fingerprint density at radius 2 is 1.89 bits per heavy atom. The van der Waals surface area contributed by atoms with Gasteiger partial charge in [-0.25, -0.2) is 0 Å². The van der Waals surface area contributed by atoms with Crippen LogP contribution in [0.4, 0.5) is 5.69 Å². The predicted octanol–water partition coefficient (Wildman–Crippen LogP) is 3.33. The maximum atomic E-state index is 12.5. The molecule has 2 aromatic carbocycles. The number of nitrogens with one attached hydrogen (secondary N) is 2. The lowest BCUT2D eigenvalue weighted by Gasteiger charge is -2.19. The zero-order chi connectivity index (χ0) is 20.1. The number of amides is 3. The molecule has 0 aliphatic carbocycles. The molecule has 1 fully saturated rings. The summed E-state index contributed by atoms with van der Waals surface area (Å²) in [6.07, 6.45) is 1.18. The van der Waals surface area contributed by atoms with E-state index in [0.717, 1.165) is 16.9 Å². The molecule has 0 atom stereocenters. The van der Waals surface area contributed by atoms with Crippen molar-refractivity contribution in [1.82, 2.24) is 10.9 Å². The summed E-state index contributed by atoms with van der Waals surface area (Å²) in [6.45, 7) is 2.54. The molecular formula is C20H20ClN3O3S. The van der Waals surface area contributed by atoms with Gasteiger partial charge in [-0.3, -0.25) is 25.2 Å². The lowest BCUT2D eigenvalue weighted by Crippen LogP contribution is -2.43. The molecule has 8 heteroatoms. The lowest BCUT2D eigenvalue weighted by atomic mass is 10.1. The Labute approximate surface area is 172 Å². The fraction of sp³-hybridized carbons (Fsp3) is 0.250. The zero-order valence-corrected chi connectivity index (χ0v) is 16.9. The van der Waals surface area contributed by atoms with E-state index in [1.54, 1.807) is 23.1 Å². The number of benzene rings is 2. The Bertz CT molecular complexity index is 902. The highest BCUT2D eigenvalue weighted by Gasteiger charge is 2.26. The Hall–Kier alpha value is -2.51. The van der Waals surface area contributed by atoms with Gasteiger partial charge in [-0.2, -0.15) is 0 Å². The fourth-order valence-corrected chi connectivity index (χ4v) is 3.70. The highest BCUT2D eigenvalue weighted by atomic mass is 35.5. The van der Waals surface area contributed by atoms with Crippen molar-refractivity contribution < 1.29 is 14.4 Å². The first kappa shape index (κ1) is 20.2. The number of aryl methyl sites for hydroxylation is 1. The maximum absolute atomic E-state index is 12.5. The van der Waals surface area contributed by atoms with E-state index in [-0.39, 0.29) is 23.1 Å². The van der Waals surface area contributed by atoms with Crippen LogP contribution in [-0.4, -0.2) is 30.0 Å². The van der Waals surface area contributed by atoms with Crippen molar-refractivity contribution in [2.45, 2.75) is 24.7 Å². The Balaban J connectivity index is 1.59. The first-order valence-electron chi connectivity index (χ1n) is 8.82. The number of hydrogen-bond acceptors (Lipinski definition) is 4. The van der Waals surface area contributed by atoms with Crippen LogP contribution < -0.4 is 15.8 Å². The van der Waals surface area contributed by atoms with Crippen molar-refractivity contribution in [1.29, 1.82) is 0 Å². The second-order valence-corrected chi connectivity index (χ2v) is 7.90. The van der Waals surface area contributed by atoms with Gasteiger partial charge >= 0.3 is 0 Å². The molecule has 2 aromatic rings. The zero-order valence-electron chi connectivity index (χ0n) is 15.3. The molecule has 1 saturated heterocycles. The minimum Gasteiger partial charge on any atom is -0.312 e. The standard InChI is InChI=1S/C20H20ClN3O3S/c1-13-4-7-15(8-5-13)28-12-18(25)22-23-20(27)16-9-6-14(21)11-17(16)24-10-2-3-19(24)26/h4-9,11H,2-3,10,12H2,1H3,(H,22,25)(H,23,27). The summed E-state index contributed by atoms with van der Waals surface area (Å²) < 4.78 is 0. The first-order valence-corrected chi connectivity index (χ1v) is 10.2. The minimum atomic E-state index is -0.500. The molecule has 6 nitrogen and oxygen atoms in total. The van der Waals surface area contributed by atoms with Gasteiger partial charge in [0.15, 0.2) is 0 Å². The highest BCUT2D eigenvalue weighted by molar-refractivity contribution is 8.00. The monoisotopic (exact) mass is 417 g/mol. The SMILES string of the molecule is Cc1ccc(SCC(=O)NNC(=O)c2ccc(Cl)cc2N2CCCC2=O)cc1. The Kier molecular flexibility index (Phi) is 6.59. The van der Waals surface area contributed by atoms with Crippen LogP contribution in [0, 0.1) is 6.92 Å². The second-order valence-electron chi connectivity index (χ2n) is 6.41. The topological polar surface area (TPSA) is 78.5 Å². The molecule has 0 aromatic heterocycles. The maximum Gasteiger partial charge on any atom is 0.271 e. The van der Waals surface area contributed by atoms with Gasteiger partial charge in [-0.1, -0.05) is 29.3 Å². The molecule has 0 spiro atoms. The van der Waals surface area contributed by atoms with Crippen LogP contribution >= 0.6 is 23.4 Å². The first-order chi connectivity index (χ1) is 13.4. The quantitative estimate of drug-likeness (QED) is 0.577. The summed E-state index contributed by atoms with van der Waals surface area (Å²) in [5, 5.41) is 0.435. The molecular weight excluding hydrogens is 398 g/mol. The second kappa shape index (κ2) is 9.12. The molecule has 0 radical (unpaired) electrons. The normalized spacial score (nSPS) is 13.5. The summed E-state index contributed by atoms with van der Waals surface area (Å²) in [7, 11) is 0. The molecule has 1 aliphatic heterocycles. The molecule has 146 valence electrons. The third-order valence-corrected chi connectivity index (χ3v) is 5.52. The Morgan fingerprint density at radius 1 is 1.14 bits per heavy atom. The molecule has 1 aliphatic rings. The third-order valence-electron chi connectivity index (χ3n) is 4.27. The molecule has 28 heavy (non-hydrogen) atoms. The van der Waals surface area contributed by atoms with Crippen LogP contribution in [0.15, 0.2) is 47.4 Å². The van der Waals surface area contributed by atoms with E-state index < -0.39 is 5.91 Å². The van der Waals surface area contributed by atoms with Crippen molar-refractivity contribution in [3.05, 3.63) is 58.6 Å². The average molecular weight is 418 g/mol. The number of hydrazine groups is 1. The molecule has 0 unspecified atom stereocenters. The molecule has 3 rings (SSSR count). The van der Waals surface area contributed by atoms with E-state index in [1.807, 2.05) is 31.2 Å². The van der Waals surface area contributed by atoms with Gasteiger partial charge in [-0.15, -0.1) is 11.8 Å². The summed E-state index contributed by atoms with van der Waals surface area (Å²) in [5.41, 5.74) is 6.71. The fourth-order valence-electron chi connectivity index (χ4n) is 2.84. The summed E-state index contributed by atoms with van der Waals surface area (Å²) in [5.74, 6) is -0.705. The van der Waals surface area contributed by atoms with E-state index in [2.05, 4.69) is 10.9 Å². The number of carbonyl (C=O) groups excluding carboxylic acids is 3. The molecule has 3 amide bonds. The smallest absolute Gasteiger partial charge is 0.271 e. The van der Waals surface area contributed by atoms with Gasteiger partial charge in [0.2, 0.25) is 11.8 Å². The summed E-state index contributed by atoms with van der Waals surface area (Å²) in [6, 6.07) is 12.6. The largest absolute Gasteiger partial charge is 0.312 e. The van der Waals surface area contributed by atoms with Crippen molar-refractivity contribution >= 4 is 46.8 Å². The van der Waals surface area contributed by atoms with Crippen LogP contribution in [0.25, 0.3) is 0 Å². The van der Waals surface area contributed by atoms with Crippen molar-refractivity contribution in [3.8, 4) is 0 Å². The predicted molar refractivity (Wildman–Crippen MR) is 111 cm³/mol. The van der Waals surface area contributed by atoms with Crippen molar-refractivity contribution in [2.24, 2.45) is 0 Å². The van der Waals surface area contributed by atoms with Gasteiger partial charge in [-0.05, 0) is 43.7 Å². The number of hydrogen-bond donors (Lipinski definition) is 2. The number of nitrogens with zero attached hydrogens (tertiary/aromatic N) is 1. The van der Waals surface area contributed by atoms with E-state index in [0.29, 0.717) is 23.7 Å². The van der Waals surface area contributed by atoms with Crippen LogP contribution in [0.2, 0.25) is 5.02 Å². The molecule has 1 heterocycles. The van der Waals surface area contributed by atoms with Gasteiger partial charge in [0, 0.05) is 22.9 Å². The van der Waals surface area contributed by atoms with Crippen molar-refractivity contribution in [3.63, 3.8) is 0 Å². The van der Waals surface area contributed by atoms with Gasteiger partial charge in [0.1, 0.15) is 0 Å². The number of rotatable bonds is 5. The van der Waals surface area contributed by atoms with Crippen LogP contribution in [0.3, 0.4) is 0 Å². The van der Waals surface area contributed by atoms with Gasteiger partial charge in [0.05, 0.1) is 17.0 Å². The third kappa shape index (κ3) is 5.05. The minimum absolute atomic E-state index is 0.0464. The number of thioether (sulfide) groups is 1. The van der Waals surface area contributed by atoms with Crippen LogP contribution in [0.1, 0.15) is 28.8 Å². The highest BCUT2D eigenvalue weighted by Crippen LogP contribution is 2.28.